The van der Waals surface area contributed by atoms with Gasteiger partial charge >= 0.3 is 0 Å². The molecule has 5 nitrogen and oxygen atoms in total. The van der Waals surface area contributed by atoms with E-state index >= 15 is 0 Å². The lowest BCUT2D eigenvalue weighted by Gasteiger charge is -2.01. The summed E-state index contributed by atoms with van der Waals surface area (Å²) in [5, 5.41) is 12.9. The molecule has 0 spiro atoms. The smallest absolute Gasteiger partial charge is 0.156 e. The number of nitrogens with zero attached hydrogens (tertiary/aromatic N) is 3. The summed E-state index contributed by atoms with van der Waals surface area (Å²) in [6.45, 7) is 1.62. The number of hydrogen-bond donors (Lipinski definition) is 1. The standard InChI is InChI=1S/C9H9N3O2/c1-6(13)9-10-4-7(5-11-9)8-2-3-14-12-8/h2-6,13H,1H3/t6-/m1/s1. The Hall–Kier alpha value is -1.75. The van der Waals surface area contributed by atoms with Gasteiger partial charge in [0.15, 0.2) is 5.82 Å². The summed E-state index contributed by atoms with van der Waals surface area (Å²) < 4.78 is 4.69. The Bertz CT molecular complexity index is 395. The van der Waals surface area contributed by atoms with E-state index in [0.29, 0.717) is 11.5 Å². The minimum atomic E-state index is -0.652. The molecule has 0 unspecified atom stereocenters. The van der Waals surface area contributed by atoms with Crippen molar-refractivity contribution in [3.63, 3.8) is 0 Å². The van der Waals surface area contributed by atoms with E-state index in [-0.39, 0.29) is 0 Å². The first-order chi connectivity index (χ1) is 6.77. The molecule has 0 aromatic carbocycles. The third kappa shape index (κ3) is 1.62. The normalized spacial score (nSPS) is 12.7. The molecule has 0 aliphatic carbocycles. The first-order valence-electron chi connectivity index (χ1n) is 4.18. The predicted octanol–water partition coefficient (Wildman–Crippen LogP) is 1.18. The van der Waals surface area contributed by atoms with E-state index in [1.165, 1.54) is 6.26 Å². The Morgan fingerprint density at radius 2 is 2.07 bits per heavy atom. The zero-order chi connectivity index (χ0) is 9.97. The number of aromatic nitrogens is 3. The third-order valence-corrected chi connectivity index (χ3v) is 1.78. The number of aliphatic hydroxyl groups is 1. The predicted molar refractivity (Wildman–Crippen MR) is 48.2 cm³/mol. The van der Waals surface area contributed by atoms with Crippen molar-refractivity contribution in [3.05, 3.63) is 30.5 Å². The molecule has 0 fully saturated rings. The van der Waals surface area contributed by atoms with Gasteiger partial charge in [-0.25, -0.2) is 9.97 Å². The molecule has 5 heteroatoms. The van der Waals surface area contributed by atoms with Gasteiger partial charge in [-0.1, -0.05) is 5.16 Å². The van der Waals surface area contributed by atoms with Gasteiger partial charge in [0.2, 0.25) is 0 Å². The van der Waals surface area contributed by atoms with Crippen molar-refractivity contribution in [3.8, 4) is 11.3 Å². The molecular formula is C9H9N3O2. The summed E-state index contributed by atoms with van der Waals surface area (Å²) in [4.78, 5) is 7.98. The summed E-state index contributed by atoms with van der Waals surface area (Å²) >= 11 is 0. The largest absolute Gasteiger partial charge is 0.385 e. The van der Waals surface area contributed by atoms with E-state index in [9.17, 15) is 5.11 Å². The van der Waals surface area contributed by atoms with Gasteiger partial charge in [0.05, 0.1) is 0 Å². The van der Waals surface area contributed by atoms with Crippen molar-refractivity contribution < 1.29 is 9.63 Å². The van der Waals surface area contributed by atoms with Crippen molar-refractivity contribution in [1.82, 2.24) is 15.1 Å². The summed E-state index contributed by atoms with van der Waals surface area (Å²) in [6, 6.07) is 1.72. The molecule has 0 amide bonds. The molecule has 0 saturated carbocycles. The Kier molecular flexibility index (Phi) is 2.24. The van der Waals surface area contributed by atoms with Crippen LogP contribution in [0.5, 0.6) is 0 Å². The lowest BCUT2D eigenvalue weighted by molar-refractivity contribution is 0.189. The summed E-state index contributed by atoms with van der Waals surface area (Å²) in [5.74, 6) is 0.400. The van der Waals surface area contributed by atoms with Gasteiger partial charge in [-0.05, 0) is 6.92 Å². The van der Waals surface area contributed by atoms with Crippen molar-refractivity contribution in [2.45, 2.75) is 13.0 Å². The molecule has 72 valence electrons. The molecule has 1 atom stereocenters. The molecule has 2 heterocycles. The maximum atomic E-state index is 9.19. The van der Waals surface area contributed by atoms with E-state index in [2.05, 4.69) is 15.1 Å². The second-order valence-electron chi connectivity index (χ2n) is 2.89. The Morgan fingerprint density at radius 3 is 2.57 bits per heavy atom. The molecule has 2 aromatic heterocycles. The minimum Gasteiger partial charge on any atom is -0.385 e. The molecule has 14 heavy (non-hydrogen) atoms. The van der Waals surface area contributed by atoms with Crippen LogP contribution >= 0.6 is 0 Å². The van der Waals surface area contributed by atoms with Gasteiger partial charge < -0.3 is 9.63 Å². The second-order valence-corrected chi connectivity index (χ2v) is 2.89. The lowest BCUT2D eigenvalue weighted by atomic mass is 10.2. The van der Waals surface area contributed by atoms with E-state index in [0.717, 1.165) is 5.56 Å². The van der Waals surface area contributed by atoms with Gasteiger partial charge in [-0.2, -0.15) is 0 Å². The van der Waals surface area contributed by atoms with E-state index in [1.54, 1.807) is 25.4 Å². The Morgan fingerprint density at radius 1 is 1.36 bits per heavy atom. The van der Waals surface area contributed by atoms with Crippen molar-refractivity contribution in [2.75, 3.05) is 0 Å². The quantitative estimate of drug-likeness (QED) is 0.771. The van der Waals surface area contributed by atoms with E-state index in [1.807, 2.05) is 0 Å². The molecule has 0 saturated heterocycles. The first kappa shape index (κ1) is 8.83. The van der Waals surface area contributed by atoms with Crippen LogP contribution in [-0.2, 0) is 0 Å². The average molecular weight is 191 g/mol. The van der Waals surface area contributed by atoms with Crippen LogP contribution in [0, 0.1) is 0 Å². The van der Waals surface area contributed by atoms with Crippen molar-refractivity contribution >= 4 is 0 Å². The first-order valence-corrected chi connectivity index (χ1v) is 4.18. The van der Waals surface area contributed by atoms with Crippen LogP contribution in [0.25, 0.3) is 11.3 Å². The van der Waals surface area contributed by atoms with Gasteiger partial charge in [-0.15, -0.1) is 0 Å². The molecule has 2 aromatic rings. The summed E-state index contributed by atoms with van der Waals surface area (Å²) in [6.07, 6.45) is 4.04. The van der Waals surface area contributed by atoms with Crippen LogP contribution < -0.4 is 0 Å². The maximum Gasteiger partial charge on any atom is 0.156 e. The SMILES string of the molecule is C[C@@H](O)c1ncc(-c2ccon2)cn1. The van der Waals surface area contributed by atoms with Crippen molar-refractivity contribution in [1.29, 1.82) is 0 Å². The molecule has 0 aliphatic heterocycles. The number of aliphatic hydroxyl groups excluding tert-OH is 1. The molecule has 0 bridgehead atoms. The fourth-order valence-electron chi connectivity index (χ4n) is 1.05. The van der Waals surface area contributed by atoms with E-state index < -0.39 is 6.10 Å². The summed E-state index contributed by atoms with van der Waals surface area (Å²) in [7, 11) is 0. The fourth-order valence-corrected chi connectivity index (χ4v) is 1.05. The van der Waals surface area contributed by atoms with Gasteiger partial charge in [0.25, 0.3) is 0 Å². The van der Waals surface area contributed by atoms with Crippen LogP contribution in [0.15, 0.2) is 29.2 Å². The lowest BCUT2D eigenvalue weighted by Crippen LogP contribution is -1.98. The maximum absolute atomic E-state index is 9.19. The molecule has 1 N–H and O–H groups in total. The van der Waals surface area contributed by atoms with Crippen molar-refractivity contribution in [2.24, 2.45) is 0 Å². The van der Waals surface area contributed by atoms with Crippen LogP contribution in [0.3, 0.4) is 0 Å². The molecular weight excluding hydrogens is 182 g/mol. The van der Waals surface area contributed by atoms with Crippen LogP contribution in [0.4, 0.5) is 0 Å². The highest BCUT2D eigenvalue weighted by atomic mass is 16.5. The second kappa shape index (κ2) is 3.55. The van der Waals surface area contributed by atoms with Crippen LogP contribution in [-0.4, -0.2) is 20.2 Å². The average Bonchev–Trinajstić information content (AvgIpc) is 2.71. The fraction of sp³-hybridized carbons (Fsp3) is 0.222. The number of rotatable bonds is 2. The Labute approximate surface area is 80.4 Å². The summed E-state index contributed by atoms with van der Waals surface area (Å²) in [5.41, 5.74) is 1.45. The topological polar surface area (TPSA) is 72.0 Å². The molecule has 0 aliphatic rings. The monoisotopic (exact) mass is 191 g/mol. The highest BCUT2D eigenvalue weighted by molar-refractivity contribution is 5.55. The highest BCUT2D eigenvalue weighted by Gasteiger charge is 2.06. The molecule has 2 rings (SSSR count). The van der Waals surface area contributed by atoms with Crippen LogP contribution in [0.1, 0.15) is 18.9 Å². The zero-order valence-corrected chi connectivity index (χ0v) is 7.58. The number of hydrogen-bond acceptors (Lipinski definition) is 5. The Balaban J connectivity index is 2.31. The van der Waals surface area contributed by atoms with E-state index in [4.69, 9.17) is 4.52 Å². The van der Waals surface area contributed by atoms with Gasteiger partial charge in [0.1, 0.15) is 18.1 Å². The minimum absolute atomic E-state index is 0.400. The van der Waals surface area contributed by atoms with Gasteiger partial charge in [0, 0.05) is 24.0 Å². The van der Waals surface area contributed by atoms with Crippen LogP contribution in [0.2, 0.25) is 0 Å². The highest BCUT2D eigenvalue weighted by Crippen LogP contribution is 2.15. The third-order valence-electron chi connectivity index (χ3n) is 1.78. The molecule has 0 radical (unpaired) electrons. The van der Waals surface area contributed by atoms with Gasteiger partial charge in [-0.3, -0.25) is 0 Å². The zero-order valence-electron chi connectivity index (χ0n) is 7.58.